The Hall–Kier alpha value is -3.20. The molecular formula is C26H27N3. The molecule has 0 spiro atoms. The first-order chi connectivity index (χ1) is 14.3. The molecule has 0 bridgehead atoms. The van der Waals surface area contributed by atoms with Crippen LogP contribution < -0.4 is 5.32 Å². The van der Waals surface area contributed by atoms with Gasteiger partial charge in [0.25, 0.3) is 0 Å². The van der Waals surface area contributed by atoms with Gasteiger partial charge in [-0.1, -0.05) is 55.5 Å². The first-order valence-electron chi connectivity index (χ1n) is 10.4. The standard InChI is InChI=1S/C26H27N3/c1-20-7-5-11-23(17-20)24-18-26(28-14-6-10-21-8-3-2-4-9-21)29-19-25(24)22-12-15-27-16-13-22/h2-5,8-9,11-13,15-20H,6-7,10,14H2,1H3,(H,28,29). The molecule has 29 heavy (non-hydrogen) atoms. The van der Waals surface area contributed by atoms with Crippen molar-refractivity contribution < 1.29 is 0 Å². The summed E-state index contributed by atoms with van der Waals surface area (Å²) in [6.45, 7) is 3.17. The minimum absolute atomic E-state index is 0.552. The SMILES string of the molecule is CC1C=C(c2cc(NCCCc3ccccc3)ncc2-c2ccncc2)C=CC1. The fourth-order valence-corrected chi connectivity index (χ4v) is 3.73. The molecule has 0 aliphatic heterocycles. The topological polar surface area (TPSA) is 37.8 Å². The molecule has 2 heterocycles. The molecule has 1 aliphatic carbocycles. The summed E-state index contributed by atoms with van der Waals surface area (Å²) in [4.78, 5) is 8.85. The maximum atomic E-state index is 4.69. The highest BCUT2D eigenvalue weighted by Crippen LogP contribution is 2.33. The second-order valence-corrected chi connectivity index (χ2v) is 7.60. The number of nitrogens with one attached hydrogen (secondary N) is 1. The number of benzene rings is 1. The van der Waals surface area contributed by atoms with Crippen LogP contribution in [0.3, 0.4) is 0 Å². The number of anilines is 1. The smallest absolute Gasteiger partial charge is 0.126 e. The average Bonchev–Trinajstić information content (AvgIpc) is 2.78. The van der Waals surface area contributed by atoms with E-state index in [-0.39, 0.29) is 0 Å². The lowest BCUT2D eigenvalue weighted by Crippen LogP contribution is -2.06. The molecule has 1 aliphatic rings. The third-order valence-electron chi connectivity index (χ3n) is 5.27. The zero-order chi connectivity index (χ0) is 19.9. The highest BCUT2D eigenvalue weighted by atomic mass is 15.0. The van der Waals surface area contributed by atoms with Crippen LogP contribution in [0, 0.1) is 5.92 Å². The Labute approximate surface area is 173 Å². The predicted molar refractivity (Wildman–Crippen MR) is 122 cm³/mol. The Balaban J connectivity index is 1.53. The molecule has 1 aromatic carbocycles. The number of aromatic nitrogens is 2. The van der Waals surface area contributed by atoms with E-state index < -0.39 is 0 Å². The quantitative estimate of drug-likeness (QED) is 0.498. The van der Waals surface area contributed by atoms with Crippen molar-refractivity contribution in [1.82, 2.24) is 9.97 Å². The lowest BCUT2D eigenvalue weighted by molar-refractivity contribution is 0.740. The van der Waals surface area contributed by atoms with E-state index in [9.17, 15) is 0 Å². The van der Waals surface area contributed by atoms with Gasteiger partial charge in [-0.2, -0.15) is 0 Å². The van der Waals surface area contributed by atoms with Gasteiger partial charge in [0.2, 0.25) is 0 Å². The zero-order valence-corrected chi connectivity index (χ0v) is 16.9. The van der Waals surface area contributed by atoms with Crippen LogP contribution in [-0.2, 0) is 6.42 Å². The van der Waals surface area contributed by atoms with Gasteiger partial charge >= 0.3 is 0 Å². The number of rotatable bonds is 7. The van der Waals surface area contributed by atoms with E-state index in [1.54, 1.807) is 0 Å². The summed E-state index contributed by atoms with van der Waals surface area (Å²) in [5.41, 5.74) is 6.16. The molecular weight excluding hydrogens is 354 g/mol. The molecule has 3 nitrogen and oxygen atoms in total. The first kappa shape index (κ1) is 19.1. The molecule has 1 unspecified atom stereocenters. The Kier molecular flexibility index (Phi) is 6.16. The highest BCUT2D eigenvalue weighted by molar-refractivity contribution is 5.86. The Morgan fingerprint density at radius 2 is 1.86 bits per heavy atom. The molecule has 2 aromatic heterocycles. The van der Waals surface area contributed by atoms with Gasteiger partial charge in [-0.15, -0.1) is 0 Å². The molecule has 3 heteroatoms. The van der Waals surface area contributed by atoms with Crippen LogP contribution in [0.15, 0.2) is 85.3 Å². The van der Waals surface area contributed by atoms with E-state index in [0.717, 1.165) is 42.8 Å². The average molecular weight is 382 g/mol. The van der Waals surface area contributed by atoms with Crippen molar-refractivity contribution in [3.63, 3.8) is 0 Å². The van der Waals surface area contributed by atoms with Crippen molar-refractivity contribution in [3.05, 3.63) is 96.5 Å². The van der Waals surface area contributed by atoms with Crippen molar-refractivity contribution in [1.29, 1.82) is 0 Å². The molecule has 0 radical (unpaired) electrons. The summed E-state index contributed by atoms with van der Waals surface area (Å²) in [6.07, 6.45) is 15.8. The molecule has 0 saturated carbocycles. The number of aryl methyl sites for hydroxylation is 1. The van der Waals surface area contributed by atoms with Gasteiger partial charge in [-0.3, -0.25) is 4.98 Å². The normalized spacial score (nSPS) is 15.8. The van der Waals surface area contributed by atoms with Gasteiger partial charge in [0.05, 0.1) is 0 Å². The molecule has 0 amide bonds. The lowest BCUT2D eigenvalue weighted by Gasteiger charge is -2.17. The Bertz CT molecular complexity index is 991. The van der Waals surface area contributed by atoms with Crippen molar-refractivity contribution >= 4 is 11.4 Å². The van der Waals surface area contributed by atoms with E-state index in [1.165, 1.54) is 16.7 Å². The van der Waals surface area contributed by atoms with Gasteiger partial charge in [0.1, 0.15) is 5.82 Å². The van der Waals surface area contributed by atoms with Crippen LogP contribution in [-0.4, -0.2) is 16.5 Å². The van der Waals surface area contributed by atoms with E-state index in [1.807, 2.05) is 30.7 Å². The highest BCUT2D eigenvalue weighted by Gasteiger charge is 2.13. The van der Waals surface area contributed by atoms with Gasteiger partial charge < -0.3 is 5.32 Å². The summed E-state index contributed by atoms with van der Waals surface area (Å²) >= 11 is 0. The molecule has 1 N–H and O–H groups in total. The van der Waals surface area contributed by atoms with Crippen LogP contribution in [0.5, 0.6) is 0 Å². The maximum absolute atomic E-state index is 4.69. The van der Waals surface area contributed by atoms with Crippen molar-refractivity contribution in [3.8, 4) is 11.1 Å². The van der Waals surface area contributed by atoms with E-state index in [4.69, 9.17) is 4.98 Å². The number of pyridine rings is 2. The van der Waals surface area contributed by atoms with Crippen LogP contribution >= 0.6 is 0 Å². The fraction of sp³-hybridized carbons (Fsp3) is 0.231. The Morgan fingerprint density at radius 3 is 2.66 bits per heavy atom. The number of nitrogens with zero attached hydrogens (tertiary/aromatic N) is 2. The molecule has 0 saturated heterocycles. The summed E-state index contributed by atoms with van der Waals surface area (Å²) in [5.74, 6) is 1.48. The van der Waals surface area contributed by atoms with E-state index >= 15 is 0 Å². The number of hydrogen-bond acceptors (Lipinski definition) is 3. The molecule has 146 valence electrons. The number of hydrogen-bond donors (Lipinski definition) is 1. The van der Waals surface area contributed by atoms with E-state index in [0.29, 0.717) is 5.92 Å². The lowest BCUT2D eigenvalue weighted by atomic mass is 9.90. The van der Waals surface area contributed by atoms with Gasteiger partial charge in [0, 0.05) is 30.7 Å². The van der Waals surface area contributed by atoms with Gasteiger partial charge in [-0.25, -0.2) is 4.98 Å². The third-order valence-corrected chi connectivity index (χ3v) is 5.27. The summed E-state index contributed by atoms with van der Waals surface area (Å²) in [7, 11) is 0. The minimum atomic E-state index is 0.552. The van der Waals surface area contributed by atoms with Gasteiger partial charge in [0.15, 0.2) is 0 Å². The minimum Gasteiger partial charge on any atom is -0.370 e. The number of allylic oxidation sites excluding steroid dienone is 4. The van der Waals surface area contributed by atoms with Crippen molar-refractivity contribution in [2.24, 2.45) is 5.92 Å². The zero-order valence-electron chi connectivity index (χ0n) is 16.9. The summed E-state index contributed by atoms with van der Waals surface area (Å²) in [6, 6.07) is 16.9. The van der Waals surface area contributed by atoms with Crippen molar-refractivity contribution in [2.75, 3.05) is 11.9 Å². The fourth-order valence-electron chi connectivity index (χ4n) is 3.73. The largest absolute Gasteiger partial charge is 0.370 e. The maximum Gasteiger partial charge on any atom is 0.126 e. The summed E-state index contributed by atoms with van der Waals surface area (Å²) < 4.78 is 0. The second-order valence-electron chi connectivity index (χ2n) is 7.60. The molecule has 3 aromatic rings. The molecule has 0 fully saturated rings. The van der Waals surface area contributed by atoms with Gasteiger partial charge in [-0.05, 0) is 65.6 Å². The van der Waals surface area contributed by atoms with Crippen LogP contribution in [0.25, 0.3) is 16.7 Å². The summed E-state index contributed by atoms with van der Waals surface area (Å²) in [5, 5.41) is 3.51. The van der Waals surface area contributed by atoms with Crippen LogP contribution in [0.2, 0.25) is 0 Å². The third kappa shape index (κ3) is 5.00. The van der Waals surface area contributed by atoms with E-state index in [2.05, 4.69) is 71.9 Å². The first-order valence-corrected chi connectivity index (χ1v) is 10.4. The van der Waals surface area contributed by atoms with Crippen molar-refractivity contribution in [2.45, 2.75) is 26.2 Å². The predicted octanol–water partition coefficient (Wildman–Crippen LogP) is 6.17. The second kappa shape index (κ2) is 9.33. The Morgan fingerprint density at radius 1 is 1.03 bits per heavy atom. The molecule has 1 atom stereocenters. The molecule has 4 rings (SSSR count). The monoisotopic (exact) mass is 381 g/mol. The van der Waals surface area contributed by atoms with Crippen LogP contribution in [0.1, 0.15) is 30.9 Å². The van der Waals surface area contributed by atoms with Crippen LogP contribution in [0.4, 0.5) is 5.82 Å².